The lowest BCUT2D eigenvalue weighted by atomic mass is 9.96. The molecule has 0 aliphatic carbocycles. The van der Waals surface area contributed by atoms with Crippen LogP contribution in [0.1, 0.15) is 31.2 Å². The number of piperidine rings is 1. The molecule has 28 heavy (non-hydrogen) atoms. The molecule has 2 saturated heterocycles. The maximum Gasteiger partial charge on any atom is 0.228 e. The molecule has 2 fully saturated rings. The van der Waals surface area contributed by atoms with Crippen molar-refractivity contribution < 1.29 is 14.0 Å². The van der Waals surface area contributed by atoms with Crippen molar-refractivity contribution in [3.05, 3.63) is 35.6 Å². The number of nitrogens with one attached hydrogen (secondary N) is 1. The molecule has 0 bridgehead atoms. The van der Waals surface area contributed by atoms with E-state index in [1.165, 1.54) is 23.5 Å². The van der Waals surface area contributed by atoms with Gasteiger partial charge in [-0.05, 0) is 37.0 Å². The van der Waals surface area contributed by atoms with Crippen molar-refractivity contribution in [3.8, 4) is 0 Å². The summed E-state index contributed by atoms with van der Waals surface area (Å²) in [5.74, 6) is -0.245. The summed E-state index contributed by atoms with van der Waals surface area (Å²) >= 11 is 1.43. The van der Waals surface area contributed by atoms with E-state index in [0.717, 1.165) is 43.0 Å². The first-order valence-corrected chi connectivity index (χ1v) is 10.3. The summed E-state index contributed by atoms with van der Waals surface area (Å²) in [5.41, 5.74) is 0.753. The monoisotopic (exact) mass is 403 g/mol. The summed E-state index contributed by atoms with van der Waals surface area (Å²) in [7, 11) is 0. The molecule has 7 nitrogen and oxygen atoms in total. The third-order valence-corrected chi connectivity index (χ3v) is 6.21. The minimum atomic E-state index is -0.299. The number of carbonyl (C=O) groups is 2. The normalized spacial score (nSPS) is 18.0. The Kier molecular flexibility index (Phi) is 5.52. The predicted octanol–water partition coefficient (Wildman–Crippen LogP) is 2.34. The van der Waals surface area contributed by atoms with Crippen LogP contribution in [0.4, 0.5) is 14.7 Å². The van der Waals surface area contributed by atoms with Crippen molar-refractivity contribution in [2.75, 3.05) is 29.4 Å². The molecule has 2 aliphatic rings. The van der Waals surface area contributed by atoms with Crippen LogP contribution >= 0.6 is 11.3 Å². The van der Waals surface area contributed by atoms with E-state index in [1.54, 1.807) is 17.0 Å². The number of amides is 2. The van der Waals surface area contributed by atoms with Crippen LogP contribution in [-0.2, 0) is 16.1 Å². The summed E-state index contributed by atoms with van der Waals surface area (Å²) in [5, 5.41) is 12.8. The number of hydrogen-bond acceptors (Lipinski definition) is 6. The Morgan fingerprint density at radius 2 is 2.00 bits per heavy atom. The zero-order valence-electron chi connectivity index (χ0n) is 15.4. The van der Waals surface area contributed by atoms with E-state index in [0.29, 0.717) is 24.6 Å². The van der Waals surface area contributed by atoms with E-state index in [-0.39, 0.29) is 23.5 Å². The van der Waals surface area contributed by atoms with Gasteiger partial charge in [-0.1, -0.05) is 23.5 Å². The van der Waals surface area contributed by atoms with Crippen LogP contribution in [0.5, 0.6) is 0 Å². The van der Waals surface area contributed by atoms with E-state index in [2.05, 4.69) is 20.4 Å². The standard InChI is InChI=1S/C19H22FN5O2S/c20-15-4-1-3-13(11-15)12-21-17(27)14-6-9-24(10-7-14)18-22-23-19(28-18)25-8-2-5-16(25)26/h1,3-4,11,14H,2,5-10,12H2,(H,21,27). The van der Waals surface area contributed by atoms with Crippen molar-refractivity contribution in [3.63, 3.8) is 0 Å². The molecule has 9 heteroatoms. The average Bonchev–Trinajstić information content (AvgIpc) is 3.35. The molecule has 1 N–H and O–H groups in total. The zero-order valence-corrected chi connectivity index (χ0v) is 16.3. The number of hydrogen-bond donors (Lipinski definition) is 1. The highest BCUT2D eigenvalue weighted by atomic mass is 32.1. The Morgan fingerprint density at radius 1 is 1.21 bits per heavy atom. The number of nitrogens with zero attached hydrogens (tertiary/aromatic N) is 4. The van der Waals surface area contributed by atoms with Crippen molar-refractivity contribution in [1.82, 2.24) is 15.5 Å². The van der Waals surface area contributed by atoms with Gasteiger partial charge in [0.15, 0.2) is 0 Å². The number of aromatic nitrogens is 2. The molecule has 1 aromatic carbocycles. The summed E-state index contributed by atoms with van der Waals surface area (Å²) in [6, 6.07) is 6.26. The Labute approximate surface area is 166 Å². The molecule has 0 spiro atoms. The molecule has 4 rings (SSSR count). The third-order valence-electron chi connectivity index (χ3n) is 5.20. The van der Waals surface area contributed by atoms with Gasteiger partial charge in [-0.2, -0.15) is 0 Å². The molecular formula is C19H22FN5O2S. The van der Waals surface area contributed by atoms with Gasteiger partial charge < -0.3 is 10.2 Å². The van der Waals surface area contributed by atoms with E-state index in [4.69, 9.17) is 0 Å². The quantitative estimate of drug-likeness (QED) is 0.829. The third kappa shape index (κ3) is 4.14. The van der Waals surface area contributed by atoms with Crippen LogP contribution in [0.15, 0.2) is 24.3 Å². The van der Waals surface area contributed by atoms with Crippen LogP contribution in [0.3, 0.4) is 0 Å². The Morgan fingerprint density at radius 3 is 2.71 bits per heavy atom. The second-order valence-electron chi connectivity index (χ2n) is 7.13. The van der Waals surface area contributed by atoms with Gasteiger partial charge in [0.2, 0.25) is 22.1 Å². The Bertz CT molecular complexity index is 866. The summed E-state index contributed by atoms with van der Waals surface area (Å²) < 4.78 is 13.2. The number of halogens is 1. The van der Waals surface area contributed by atoms with Crippen LogP contribution in [0.25, 0.3) is 0 Å². The largest absolute Gasteiger partial charge is 0.352 e. The van der Waals surface area contributed by atoms with Crippen molar-refractivity contribution >= 4 is 33.4 Å². The van der Waals surface area contributed by atoms with E-state index in [9.17, 15) is 14.0 Å². The lowest BCUT2D eigenvalue weighted by Crippen LogP contribution is -2.40. The molecule has 0 radical (unpaired) electrons. The summed E-state index contributed by atoms with van der Waals surface area (Å²) in [6.45, 7) is 2.49. The molecule has 2 aliphatic heterocycles. The van der Waals surface area contributed by atoms with Gasteiger partial charge in [-0.25, -0.2) is 4.39 Å². The van der Waals surface area contributed by atoms with Gasteiger partial charge in [-0.15, -0.1) is 10.2 Å². The van der Waals surface area contributed by atoms with Crippen LogP contribution in [-0.4, -0.2) is 41.6 Å². The second-order valence-corrected chi connectivity index (χ2v) is 8.06. The number of carbonyl (C=O) groups excluding carboxylic acids is 2. The lowest BCUT2D eigenvalue weighted by Gasteiger charge is -2.30. The number of benzene rings is 1. The molecular weight excluding hydrogens is 381 g/mol. The molecule has 1 aromatic heterocycles. The summed E-state index contributed by atoms with van der Waals surface area (Å²) in [4.78, 5) is 28.1. The van der Waals surface area contributed by atoms with Gasteiger partial charge in [0, 0.05) is 38.5 Å². The molecule has 0 saturated carbocycles. The Balaban J connectivity index is 1.28. The fourth-order valence-electron chi connectivity index (χ4n) is 3.61. The van der Waals surface area contributed by atoms with Gasteiger partial charge >= 0.3 is 0 Å². The highest BCUT2D eigenvalue weighted by Gasteiger charge is 2.29. The number of anilines is 2. The SMILES string of the molecule is O=C(NCc1cccc(F)c1)C1CCN(c2nnc(N3CCCC3=O)s2)CC1. The fraction of sp³-hybridized carbons (Fsp3) is 0.474. The van der Waals surface area contributed by atoms with Crippen LogP contribution in [0.2, 0.25) is 0 Å². The van der Waals surface area contributed by atoms with Gasteiger partial charge in [0.05, 0.1) is 0 Å². The minimum absolute atomic E-state index is 0.00419. The first kappa shape index (κ1) is 18.8. The smallest absolute Gasteiger partial charge is 0.228 e. The first-order valence-electron chi connectivity index (χ1n) is 9.51. The fourth-order valence-corrected chi connectivity index (χ4v) is 4.55. The molecule has 148 valence electrons. The average molecular weight is 403 g/mol. The highest BCUT2D eigenvalue weighted by Crippen LogP contribution is 2.32. The number of rotatable bonds is 5. The highest BCUT2D eigenvalue weighted by molar-refractivity contribution is 7.19. The van der Waals surface area contributed by atoms with Gasteiger partial charge in [0.1, 0.15) is 5.82 Å². The summed E-state index contributed by atoms with van der Waals surface area (Å²) in [6.07, 6.45) is 2.90. The lowest BCUT2D eigenvalue weighted by molar-refractivity contribution is -0.125. The zero-order chi connectivity index (χ0) is 19.5. The van der Waals surface area contributed by atoms with Crippen LogP contribution in [0, 0.1) is 11.7 Å². The maximum atomic E-state index is 13.2. The molecule has 2 aromatic rings. The Hall–Kier alpha value is -2.55. The molecule has 3 heterocycles. The second kappa shape index (κ2) is 8.22. The van der Waals surface area contributed by atoms with Gasteiger partial charge in [-0.3, -0.25) is 14.5 Å². The molecule has 2 amide bonds. The van der Waals surface area contributed by atoms with Crippen molar-refractivity contribution in [2.45, 2.75) is 32.2 Å². The van der Waals surface area contributed by atoms with Crippen LogP contribution < -0.4 is 15.1 Å². The van der Waals surface area contributed by atoms with Crippen molar-refractivity contribution in [1.29, 1.82) is 0 Å². The first-order chi connectivity index (χ1) is 13.6. The van der Waals surface area contributed by atoms with Crippen molar-refractivity contribution in [2.24, 2.45) is 5.92 Å². The molecule has 0 atom stereocenters. The topological polar surface area (TPSA) is 78.4 Å². The maximum absolute atomic E-state index is 13.2. The van der Waals surface area contributed by atoms with Gasteiger partial charge in [0.25, 0.3) is 0 Å². The predicted molar refractivity (Wildman–Crippen MR) is 105 cm³/mol. The van der Waals surface area contributed by atoms with E-state index >= 15 is 0 Å². The minimum Gasteiger partial charge on any atom is -0.352 e. The van der Waals surface area contributed by atoms with E-state index in [1.807, 2.05) is 0 Å². The van der Waals surface area contributed by atoms with E-state index < -0.39 is 0 Å². The molecule has 0 unspecified atom stereocenters.